The third-order valence-corrected chi connectivity index (χ3v) is 8.18. The van der Waals surface area contributed by atoms with Gasteiger partial charge in [0.05, 0.1) is 34.3 Å². The number of pyridine rings is 1. The second-order valence-corrected chi connectivity index (χ2v) is 11.6. The zero-order chi connectivity index (χ0) is 22.3. The second-order valence-electron chi connectivity index (χ2n) is 7.33. The molecule has 0 saturated heterocycles. The maximum Gasteiger partial charge on any atom is 0.252 e. The molecule has 1 amide bonds. The molecular formula is C20H21N5O3S3. The fourth-order valence-electron chi connectivity index (χ4n) is 3.15. The molecule has 0 saturated carbocycles. The second kappa shape index (κ2) is 8.15. The minimum atomic E-state index is -3.75. The summed E-state index contributed by atoms with van der Waals surface area (Å²) in [6, 6.07) is 8.96. The highest BCUT2D eigenvalue weighted by molar-refractivity contribution is 7.91. The number of hydrogen-bond donors (Lipinski definition) is 2. The largest absolute Gasteiger partial charge is 0.347 e. The Labute approximate surface area is 187 Å². The zero-order valence-electron chi connectivity index (χ0n) is 17.1. The van der Waals surface area contributed by atoms with Crippen LogP contribution in [0.4, 0.5) is 0 Å². The first-order valence-electron chi connectivity index (χ1n) is 9.48. The van der Waals surface area contributed by atoms with Crippen molar-refractivity contribution in [1.82, 2.24) is 20.1 Å². The van der Waals surface area contributed by atoms with Crippen LogP contribution in [-0.4, -0.2) is 29.1 Å². The van der Waals surface area contributed by atoms with E-state index >= 15 is 0 Å². The van der Waals surface area contributed by atoms with Crippen LogP contribution < -0.4 is 10.5 Å². The van der Waals surface area contributed by atoms with Crippen molar-refractivity contribution in [3.8, 4) is 10.6 Å². The van der Waals surface area contributed by atoms with E-state index in [9.17, 15) is 13.2 Å². The maximum absolute atomic E-state index is 13.1. The minimum Gasteiger partial charge on any atom is -0.347 e. The Hall–Kier alpha value is -2.60. The average Bonchev–Trinajstić information content (AvgIpc) is 3.43. The quantitative estimate of drug-likeness (QED) is 0.441. The Bertz CT molecular complexity index is 1380. The van der Waals surface area contributed by atoms with Crippen molar-refractivity contribution in [3.63, 3.8) is 0 Å². The first kappa shape index (κ1) is 21.6. The van der Waals surface area contributed by atoms with E-state index in [1.807, 2.05) is 32.9 Å². The van der Waals surface area contributed by atoms with Gasteiger partial charge in [0.2, 0.25) is 10.0 Å². The fourth-order valence-corrected chi connectivity index (χ4v) is 5.70. The van der Waals surface area contributed by atoms with Crippen LogP contribution in [0.25, 0.3) is 21.6 Å². The Morgan fingerprint density at radius 1 is 1.23 bits per heavy atom. The van der Waals surface area contributed by atoms with E-state index < -0.39 is 10.0 Å². The molecule has 4 aromatic heterocycles. The molecule has 4 aromatic rings. The molecule has 0 aliphatic rings. The highest BCUT2D eigenvalue weighted by Gasteiger charge is 2.19. The van der Waals surface area contributed by atoms with E-state index in [4.69, 9.17) is 10.1 Å². The summed E-state index contributed by atoms with van der Waals surface area (Å²) in [7, 11) is -3.75. The van der Waals surface area contributed by atoms with Crippen LogP contribution in [-0.2, 0) is 16.6 Å². The summed E-state index contributed by atoms with van der Waals surface area (Å²) in [6.07, 6.45) is 1.66. The SMILES string of the molecule is Cc1ccc(-c2cc(C(=O)NCc3ccc(S(N)(=O)=O)s3)c3cnn(C(C)C)c3n2)s1. The first-order chi connectivity index (χ1) is 14.6. The third-order valence-electron chi connectivity index (χ3n) is 4.63. The summed E-state index contributed by atoms with van der Waals surface area (Å²) in [4.78, 5) is 20.7. The molecule has 0 unspecified atom stereocenters. The zero-order valence-corrected chi connectivity index (χ0v) is 19.6. The lowest BCUT2D eigenvalue weighted by Gasteiger charge is -2.10. The molecule has 0 fully saturated rings. The van der Waals surface area contributed by atoms with Crippen molar-refractivity contribution in [2.45, 2.75) is 37.6 Å². The summed E-state index contributed by atoms with van der Waals surface area (Å²) >= 11 is 2.65. The summed E-state index contributed by atoms with van der Waals surface area (Å²) in [5.41, 5.74) is 1.84. The number of primary sulfonamides is 1. The van der Waals surface area contributed by atoms with Gasteiger partial charge in [-0.1, -0.05) is 0 Å². The van der Waals surface area contributed by atoms with E-state index in [1.165, 1.54) is 6.07 Å². The van der Waals surface area contributed by atoms with Crippen molar-refractivity contribution in [3.05, 3.63) is 51.8 Å². The number of aromatic nitrogens is 3. The van der Waals surface area contributed by atoms with Crippen LogP contribution in [0.15, 0.2) is 40.7 Å². The van der Waals surface area contributed by atoms with E-state index in [0.717, 1.165) is 21.1 Å². The molecule has 0 aromatic carbocycles. The average molecular weight is 476 g/mol. The number of nitrogens with zero attached hydrogens (tertiary/aromatic N) is 3. The molecule has 0 bridgehead atoms. The fraction of sp³-hybridized carbons (Fsp3) is 0.250. The number of rotatable bonds is 6. The maximum atomic E-state index is 13.1. The van der Waals surface area contributed by atoms with E-state index in [1.54, 1.807) is 34.3 Å². The highest BCUT2D eigenvalue weighted by Crippen LogP contribution is 2.30. The van der Waals surface area contributed by atoms with Gasteiger partial charge in [-0.25, -0.2) is 23.2 Å². The predicted molar refractivity (Wildman–Crippen MR) is 123 cm³/mol. The van der Waals surface area contributed by atoms with Gasteiger partial charge in [-0.2, -0.15) is 5.10 Å². The molecule has 0 aliphatic heterocycles. The Balaban J connectivity index is 1.70. The Morgan fingerprint density at radius 3 is 2.61 bits per heavy atom. The number of carbonyl (C=O) groups is 1. The van der Waals surface area contributed by atoms with Crippen LogP contribution >= 0.6 is 22.7 Å². The molecule has 31 heavy (non-hydrogen) atoms. The first-order valence-corrected chi connectivity index (χ1v) is 12.7. The number of nitrogens with one attached hydrogen (secondary N) is 1. The Kier molecular flexibility index (Phi) is 5.69. The van der Waals surface area contributed by atoms with Gasteiger partial charge in [-0.15, -0.1) is 22.7 Å². The molecule has 0 spiro atoms. The van der Waals surface area contributed by atoms with Gasteiger partial charge >= 0.3 is 0 Å². The van der Waals surface area contributed by atoms with Crippen molar-refractivity contribution in [2.24, 2.45) is 5.14 Å². The van der Waals surface area contributed by atoms with Gasteiger partial charge in [-0.05, 0) is 51.1 Å². The number of amides is 1. The molecule has 3 N–H and O–H groups in total. The number of sulfonamides is 1. The summed E-state index contributed by atoms with van der Waals surface area (Å²) in [6.45, 7) is 6.23. The standard InChI is InChI=1S/C20H21N5O3S3/c1-11(2)25-19-15(10-23-25)14(8-16(24-19)17-6-4-12(3)29-17)20(26)22-9-13-5-7-18(30-13)31(21,27)28/h4-8,10-11H,9H2,1-3H3,(H,22,26)(H2,21,27,28). The summed E-state index contributed by atoms with van der Waals surface area (Å²) in [5.74, 6) is -0.282. The number of hydrogen-bond acceptors (Lipinski definition) is 7. The summed E-state index contributed by atoms with van der Waals surface area (Å²) in [5, 5.41) is 13.1. The van der Waals surface area contributed by atoms with Gasteiger partial charge < -0.3 is 5.32 Å². The number of carbonyl (C=O) groups excluding carboxylic acids is 1. The molecule has 8 nitrogen and oxygen atoms in total. The van der Waals surface area contributed by atoms with Gasteiger partial charge in [0.25, 0.3) is 5.91 Å². The van der Waals surface area contributed by atoms with Gasteiger partial charge in [-0.3, -0.25) is 4.79 Å². The van der Waals surface area contributed by atoms with Crippen LogP contribution in [0.2, 0.25) is 0 Å². The van der Waals surface area contributed by atoms with E-state index in [-0.39, 0.29) is 22.7 Å². The van der Waals surface area contributed by atoms with Gasteiger partial charge in [0.15, 0.2) is 5.65 Å². The molecule has 0 radical (unpaired) electrons. The number of aryl methyl sites for hydroxylation is 1. The number of fused-ring (bicyclic) bond motifs is 1. The lowest BCUT2D eigenvalue weighted by Crippen LogP contribution is -2.22. The lowest BCUT2D eigenvalue weighted by atomic mass is 10.1. The van der Waals surface area contributed by atoms with E-state index in [0.29, 0.717) is 27.2 Å². The molecule has 0 aliphatic carbocycles. The van der Waals surface area contributed by atoms with Crippen molar-refractivity contribution in [1.29, 1.82) is 0 Å². The highest BCUT2D eigenvalue weighted by atomic mass is 32.2. The lowest BCUT2D eigenvalue weighted by molar-refractivity contribution is 0.0953. The summed E-state index contributed by atoms with van der Waals surface area (Å²) < 4.78 is 24.8. The van der Waals surface area contributed by atoms with Gasteiger partial charge in [0.1, 0.15) is 4.21 Å². The predicted octanol–water partition coefficient (Wildman–Crippen LogP) is 3.69. The van der Waals surface area contributed by atoms with Crippen LogP contribution in [0, 0.1) is 6.92 Å². The minimum absolute atomic E-state index is 0.0663. The molecule has 11 heteroatoms. The van der Waals surface area contributed by atoms with Crippen LogP contribution in [0.1, 0.15) is 40.0 Å². The van der Waals surface area contributed by atoms with Gasteiger partial charge in [0, 0.05) is 15.8 Å². The molecule has 4 rings (SSSR count). The van der Waals surface area contributed by atoms with Crippen molar-refractivity contribution >= 4 is 49.6 Å². The van der Waals surface area contributed by atoms with Crippen molar-refractivity contribution < 1.29 is 13.2 Å². The molecule has 4 heterocycles. The third kappa shape index (κ3) is 4.40. The van der Waals surface area contributed by atoms with Crippen LogP contribution in [0.5, 0.6) is 0 Å². The topological polar surface area (TPSA) is 120 Å². The van der Waals surface area contributed by atoms with E-state index in [2.05, 4.69) is 10.4 Å². The Morgan fingerprint density at radius 2 is 2.00 bits per heavy atom. The van der Waals surface area contributed by atoms with Crippen molar-refractivity contribution in [2.75, 3.05) is 0 Å². The normalized spacial score (nSPS) is 12.0. The smallest absolute Gasteiger partial charge is 0.252 e. The number of nitrogens with two attached hydrogens (primary N) is 1. The monoisotopic (exact) mass is 475 g/mol. The van der Waals surface area contributed by atoms with Crippen LogP contribution in [0.3, 0.4) is 0 Å². The number of thiophene rings is 2. The molecule has 162 valence electrons. The molecular weight excluding hydrogens is 454 g/mol. The molecule has 0 atom stereocenters.